The van der Waals surface area contributed by atoms with Gasteiger partial charge in [0.15, 0.2) is 11.4 Å². The number of primary amides is 1. The van der Waals surface area contributed by atoms with Crippen LogP contribution >= 0.6 is 0 Å². The molecule has 10 nitrogen and oxygen atoms in total. The van der Waals surface area contributed by atoms with E-state index in [0.29, 0.717) is 10.9 Å². The first kappa shape index (κ1) is 24.8. The zero-order valence-electron chi connectivity index (χ0n) is 20.9. The largest absolute Gasteiger partial charge is 0.508 e. The van der Waals surface area contributed by atoms with Crippen molar-refractivity contribution >= 4 is 39.7 Å². The molecule has 3 aliphatic carbocycles. The van der Waals surface area contributed by atoms with Gasteiger partial charge in [-0.15, -0.1) is 0 Å². The zero-order chi connectivity index (χ0) is 27.1. The second kappa shape index (κ2) is 8.06. The van der Waals surface area contributed by atoms with Gasteiger partial charge in [0.2, 0.25) is 5.78 Å². The number of nitrogens with zero attached hydrogens (tertiary/aromatic N) is 2. The number of anilines is 1. The summed E-state index contributed by atoms with van der Waals surface area (Å²) in [7, 11) is 6.90. The molecule has 6 N–H and O–H groups in total. The number of phenolic OH excluding ortho intramolecular Hbond substituents is 1. The molecule has 0 heterocycles. The molecule has 4 atom stereocenters. The number of amides is 1. The van der Waals surface area contributed by atoms with E-state index in [4.69, 9.17) is 5.73 Å². The van der Waals surface area contributed by atoms with Crippen LogP contribution in [0, 0.1) is 11.8 Å². The van der Waals surface area contributed by atoms with Crippen LogP contribution in [0.3, 0.4) is 0 Å². The molecule has 1 saturated carbocycles. The number of likely N-dealkylation sites (N-methyl/N-ethyl adjacent to an activating group) is 1. The molecule has 0 unspecified atom stereocenters. The van der Waals surface area contributed by atoms with E-state index >= 15 is 0 Å². The smallest absolute Gasteiger partial charge is 0.255 e. The minimum absolute atomic E-state index is 0.0554. The van der Waals surface area contributed by atoms with E-state index in [1.54, 1.807) is 26.2 Å². The maximum Gasteiger partial charge on any atom is 0.255 e. The standard InChI is InChI=1S/C27H29N3O7/c1-29(2)16-7-5-6-13-14(16)9-11-8-12-10-15-20(30(3)4)23(33)19(26(28)36)25(35)27(15,37)24(34)18(12)22(32)17(11)21(13)31/h5-7,9,12,15,20,31-32,35,37H,8,10H2,1-4H3,(H2,28,36)/t12-,15-,20-,27-/m0/s1. The van der Waals surface area contributed by atoms with Gasteiger partial charge in [-0.1, -0.05) is 12.1 Å². The van der Waals surface area contributed by atoms with Gasteiger partial charge in [-0.3, -0.25) is 19.3 Å². The molecular formula is C27H29N3O7. The number of aliphatic hydroxyl groups excluding tert-OH is 2. The highest BCUT2D eigenvalue weighted by Gasteiger charge is 2.64. The summed E-state index contributed by atoms with van der Waals surface area (Å²) in [6, 6.07) is 6.14. The average Bonchev–Trinajstić information content (AvgIpc) is 2.80. The van der Waals surface area contributed by atoms with E-state index in [0.717, 1.165) is 11.1 Å². The molecular weight excluding hydrogens is 478 g/mol. The van der Waals surface area contributed by atoms with Crippen molar-refractivity contribution in [2.75, 3.05) is 33.1 Å². The number of hydrogen-bond donors (Lipinski definition) is 5. The second-order valence-electron chi connectivity index (χ2n) is 10.5. The molecule has 0 aromatic heterocycles. The number of aliphatic hydroxyl groups is 3. The Balaban J connectivity index is 1.76. The van der Waals surface area contributed by atoms with E-state index in [1.165, 1.54) is 4.90 Å². The van der Waals surface area contributed by atoms with Crippen LogP contribution in [0.2, 0.25) is 0 Å². The van der Waals surface area contributed by atoms with E-state index in [1.807, 2.05) is 31.1 Å². The number of rotatable bonds is 3. The molecule has 0 saturated heterocycles. The van der Waals surface area contributed by atoms with Crippen molar-refractivity contribution in [1.82, 2.24) is 4.90 Å². The molecule has 0 radical (unpaired) electrons. The number of nitrogens with two attached hydrogens (primary N) is 1. The predicted octanol–water partition coefficient (Wildman–Crippen LogP) is 1.18. The number of fused-ring (bicyclic) bond motifs is 4. The van der Waals surface area contributed by atoms with Gasteiger partial charge in [-0.05, 0) is 50.6 Å². The summed E-state index contributed by atoms with van der Waals surface area (Å²) in [4.78, 5) is 42.5. The van der Waals surface area contributed by atoms with E-state index < -0.39 is 58.0 Å². The number of aromatic hydroxyl groups is 1. The van der Waals surface area contributed by atoms with Gasteiger partial charge in [-0.2, -0.15) is 0 Å². The zero-order valence-corrected chi connectivity index (χ0v) is 20.9. The lowest BCUT2D eigenvalue weighted by Crippen LogP contribution is -2.65. The Labute approximate surface area is 212 Å². The van der Waals surface area contributed by atoms with Crippen molar-refractivity contribution in [3.8, 4) is 5.75 Å². The molecule has 1 amide bonds. The first-order valence-electron chi connectivity index (χ1n) is 11.9. The van der Waals surface area contributed by atoms with Crippen LogP contribution in [0.5, 0.6) is 5.75 Å². The number of carbonyl (C=O) groups is 3. The molecule has 1 fully saturated rings. The van der Waals surface area contributed by atoms with Crippen LogP contribution in [0.15, 0.2) is 41.2 Å². The van der Waals surface area contributed by atoms with Gasteiger partial charge in [0.25, 0.3) is 5.91 Å². The van der Waals surface area contributed by atoms with Crippen LogP contribution in [0.1, 0.15) is 17.5 Å². The predicted molar refractivity (Wildman–Crippen MR) is 136 cm³/mol. The molecule has 0 aliphatic heterocycles. The van der Waals surface area contributed by atoms with Gasteiger partial charge in [0.1, 0.15) is 22.8 Å². The first-order chi connectivity index (χ1) is 17.3. The Kier molecular flexibility index (Phi) is 5.40. The average molecular weight is 508 g/mol. The van der Waals surface area contributed by atoms with Gasteiger partial charge < -0.3 is 31.1 Å². The fourth-order valence-electron chi connectivity index (χ4n) is 6.41. The van der Waals surface area contributed by atoms with Crippen molar-refractivity contribution in [2.24, 2.45) is 17.6 Å². The third-order valence-electron chi connectivity index (χ3n) is 8.03. The minimum atomic E-state index is -2.64. The lowest BCUT2D eigenvalue weighted by Gasteiger charge is -2.50. The maximum atomic E-state index is 13.9. The monoisotopic (exact) mass is 507 g/mol. The molecule has 10 heteroatoms. The van der Waals surface area contributed by atoms with Gasteiger partial charge >= 0.3 is 0 Å². The summed E-state index contributed by atoms with van der Waals surface area (Å²) in [5, 5.41) is 46.4. The summed E-state index contributed by atoms with van der Waals surface area (Å²) in [6.45, 7) is 0. The molecule has 5 rings (SSSR count). The molecule has 3 aliphatic rings. The minimum Gasteiger partial charge on any atom is -0.508 e. The second-order valence-corrected chi connectivity index (χ2v) is 10.5. The number of carbonyl (C=O) groups excluding carboxylic acids is 3. The van der Waals surface area contributed by atoms with Gasteiger partial charge in [0.05, 0.1) is 11.6 Å². The summed E-state index contributed by atoms with van der Waals surface area (Å²) in [5.41, 5.74) is 3.27. The van der Waals surface area contributed by atoms with E-state index in [9.17, 15) is 34.8 Å². The number of benzene rings is 2. The fourth-order valence-corrected chi connectivity index (χ4v) is 6.41. The summed E-state index contributed by atoms with van der Waals surface area (Å²) in [5.74, 6) is -6.55. The van der Waals surface area contributed by atoms with Crippen molar-refractivity contribution < 1.29 is 34.8 Å². The summed E-state index contributed by atoms with van der Waals surface area (Å²) < 4.78 is 0. The third-order valence-corrected chi connectivity index (χ3v) is 8.03. The molecule has 37 heavy (non-hydrogen) atoms. The van der Waals surface area contributed by atoms with Crippen molar-refractivity contribution in [1.29, 1.82) is 0 Å². The summed E-state index contributed by atoms with van der Waals surface area (Å²) in [6.07, 6.45) is 0.305. The van der Waals surface area contributed by atoms with E-state index in [2.05, 4.69) is 0 Å². The van der Waals surface area contributed by atoms with Crippen LogP contribution < -0.4 is 10.6 Å². The van der Waals surface area contributed by atoms with Crippen LogP contribution in [-0.2, 0) is 20.8 Å². The highest BCUT2D eigenvalue weighted by molar-refractivity contribution is 6.24. The summed E-state index contributed by atoms with van der Waals surface area (Å²) >= 11 is 0. The SMILES string of the molecule is CN(C)c1cccc2c(O)c3c(cc12)C[C@H]1C[C@H]2[C@H](N(C)C)C(=O)C(C(N)=O)=C(O)[C@@]2(O)C(=O)C1=C3O. The normalized spacial score (nSPS) is 27.4. The fraction of sp³-hybridized carbons (Fsp3) is 0.370. The van der Waals surface area contributed by atoms with Crippen molar-refractivity contribution in [3.63, 3.8) is 0 Å². The number of hydrogen-bond acceptors (Lipinski definition) is 9. The first-order valence-corrected chi connectivity index (χ1v) is 11.9. The molecule has 0 bridgehead atoms. The van der Waals surface area contributed by atoms with E-state index in [-0.39, 0.29) is 29.7 Å². The van der Waals surface area contributed by atoms with Crippen molar-refractivity contribution in [2.45, 2.75) is 24.5 Å². The maximum absolute atomic E-state index is 13.9. The molecule has 194 valence electrons. The Bertz CT molecular complexity index is 1470. The Morgan fingerprint density at radius 2 is 1.76 bits per heavy atom. The molecule has 2 aromatic carbocycles. The number of Topliss-reactive ketones (excluding diaryl/α,β-unsaturated/α-hetero) is 2. The number of ketones is 2. The Hall–Kier alpha value is -3.89. The van der Waals surface area contributed by atoms with Crippen molar-refractivity contribution in [3.05, 3.63) is 52.3 Å². The highest BCUT2D eigenvalue weighted by Crippen LogP contribution is 2.53. The quantitative estimate of drug-likeness (QED) is 0.384. The van der Waals surface area contributed by atoms with Gasteiger partial charge in [-0.25, -0.2) is 0 Å². The van der Waals surface area contributed by atoms with Gasteiger partial charge in [0, 0.05) is 42.0 Å². The van der Waals surface area contributed by atoms with Crippen LogP contribution in [0.4, 0.5) is 5.69 Å². The Morgan fingerprint density at radius 3 is 2.35 bits per heavy atom. The number of phenols is 1. The lowest BCUT2D eigenvalue weighted by molar-refractivity contribution is -0.153. The van der Waals surface area contributed by atoms with Crippen LogP contribution in [-0.4, -0.2) is 82.6 Å². The molecule has 0 spiro atoms. The molecule has 2 aromatic rings. The van der Waals surface area contributed by atoms with Crippen LogP contribution in [0.25, 0.3) is 16.5 Å². The third kappa shape index (κ3) is 3.15. The topological polar surface area (TPSA) is 165 Å². The highest BCUT2D eigenvalue weighted by atomic mass is 16.3. The Morgan fingerprint density at radius 1 is 1.08 bits per heavy atom. The lowest BCUT2D eigenvalue weighted by atomic mass is 9.57.